The lowest BCUT2D eigenvalue weighted by Gasteiger charge is -2.27. The first-order valence-corrected chi connectivity index (χ1v) is 4.44. The second-order valence-electron chi connectivity index (χ2n) is 3.26. The first kappa shape index (κ1) is 11.3. The number of alkyl halides is 2. The number of hydrogen-bond donors (Lipinski definition) is 1. The Balaban J connectivity index is 2.12. The fourth-order valence-corrected chi connectivity index (χ4v) is 0.988. The molecule has 0 aromatic carbocycles. The fraction of sp³-hybridized carbons (Fsp3) is 0.875. The maximum atomic E-state index is 11.9. The van der Waals surface area contributed by atoms with Gasteiger partial charge in [-0.1, -0.05) is 0 Å². The molecule has 0 aromatic rings. The lowest BCUT2D eigenvalue weighted by atomic mass is 10.2. The van der Waals surface area contributed by atoms with E-state index in [1.54, 1.807) is 0 Å². The standard InChI is InChI=1S/C8H14F2N2O2/c1-12(4-7(9)10)8(13)5-14-6-2-11-3-6/h6-7,11H,2-5H2,1H3. The Kier molecular flexibility index (Phi) is 4.21. The van der Waals surface area contributed by atoms with Gasteiger partial charge in [0.15, 0.2) is 0 Å². The van der Waals surface area contributed by atoms with E-state index < -0.39 is 18.9 Å². The molecular formula is C8H14F2N2O2. The molecule has 1 N–H and O–H groups in total. The minimum absolute atomic E-state index is 0.0545. The number of halogens is 2. The fourth-order valence-electron chi connectivity index (χ4n) is 0.988. The monoisotopic (exact) mass is 208 g/mol. The maximum absolute atomic E-state index is 11.9. The number of ether oxygens (including phenoxy) is 1. The highest BCUT2D eigenvalue weighted by Gasteiger charge is 2.20. The van der Waals surface area contributed by atoms with Gasteiger partial charge in [-0.15, -0.1) is 0 Å². The third-order valence-corrected chi connectivity index (χ3v) is 2.02. The number of carbonyl (C=O) groups excluding carboxylic acids is 1. The van der Waals surface area contributed by atoms with Crippen molar-refractivity contribution in [1.82, 2.24) is 10.2 Å². The average molecular weight is 208 g/mol. The molecular weight excluding hydrogens is 194 g/mol. The van der Waals surface area contributed by atoms with Gasteiger partial charge < -0.3 is 15.0 Å². The van der Waals surface area contributed by atoms with Crippen LogP contribution in [0.5, 0.6) is 0 Å². The molecule has 1 saturated heterocycles. The molecule has 1 heterocycles. The van der Waals surface area contributed by atoms with Gasteiger partial charge in [0, 0.05) is 20.1 Å². The summed E-state index contributed by atoms with van der Waals surface area (Å²) in [7, 11) is 1.34. The molecule has 1 aliphatic heterocycles. The Labute approximate surface area is 81.2 Å². The SMILES string of the molecule is CN(CC(F)F)C(=O)COC1CNC1. The van der Waals surface area contributed by atoms with Gasteiger partial charge in [-0.3, -0.25) is 4.79 Å². The third-order valence-electron chi connectivity index (χ3n) is 2.02. The summed E-state index contributed by atoms with van der Waals surface area (Å²) in [6.07, 6.45) is -2.44. The topological polar surface area (TPSA) is 41.6 Å². The van der Waals surface area contributed by atoms with Crippen LogP contribution >= 0.6 is 0 Å². The first-order valence-electron chi connectivity index (χ1n) is 4.44. The molecule has 14 heavy (non-hydrogen) atoms. The van der Waals surface area contributed by atoms with Crippen LogP contribution < -0.4 is 5.32 Å². The van der Waals surface area contributed by atoms with Gasteiger partial charge in [0.25, 0.3) is 6.43 Å². The van der Waals surface area contributed by atoms with Crippen LogP contribution in [0.4, 0.5) is 8.78 Å². The van der Waals surface area contributed by atoms with Crippen LogP contribution in [0.1, 0.15) is 0 Å². The summed E-state index contributed by atoms with van der Waals surface area (Å²) < 4.78 is 28.9. The summed E-state index contributed by atoms with van der Waals surface area (Å²) in [6, 6.07) is 0. The van der Waals surface area contributed by atoms with Crippen molar-refractivity contribution >= 4 is 5.91 Å². The van der Waals surface area contributed by atoms with E-state index in [1.807, 2.05) is 0 Å². The number of rotatable bonds is 5. The van der Waals surface area contributed by atoms with Crippen molar-refractivity contribution in [2.24, 2.45) is 0 Å². The molecule has 1 amide bonds. The molecule has 0 aliphatic carbocycles. The number of hydrogen-bond acceptors (Lipinski definition) is 3. The Morgan fingerprint density at radius 1 is 1.64 bits per heavy atom. The summed E-state index contributed by atoms with van der Waals surface area (Å²) in [5.74, 6) is -0.405. The molecule has 1 rings (SSSR count). The van der Waals surface area contributed by atoms with Gasteiger partial charge in [-0.25, -0.2) is 8.78 Å². The van der Waals surface area contributed by atoms with Crippen molar-refractivity contribution in [2.75, 3.05) is 33.3 Å². The normalized spacial score (nSPS) is 16.9. The molecule has 0 unspecified atom stereocenters. The van der Waals surface area contributed by atoms with E-state index in [2.05, 4.69) is 5.32 Å². The summed E-state index contributed by atoms with van der Waals surface area (Å²) >= 11 is 0. The molecule has 1 aliphatic rings. The minimum atomic E-state index is -2.49. The zero-order chi connectivity index (χ0) is 10.6. The Morgan fingerprint density at radius 3 is 2.71 bits per heavy atom. The van der Waals surface area contributed by atoms with Crippen molar-refractivity contribution in [3.05, 3.63) is 0 Å². The Morgan fingerprint density at radius 2 is 2.29 bits per heavy atom. The van der Waals surface area contributed by atoms with Crippen LogP contribution in [-0.4, -0.2) is 56.6 Å². The summed E-state index contributed by atoms with van der Waals surface area (Å²) in [5, 5.41) is 2.98. The van der Waals surface area contributed by atoms with E-state index in [-0.39, 0.29) is 12.7 Å². The predicted octanol–water partition coefficient (Wildman–Crippen LogP) is -0.302. The Hall–Kier alpha value is -0.750. The molecule has 0 aromatic heterocycles. The summed E-state index contributed by atoms with van der Waals surface area (Å²) in [6.45, 7) is 0.804. The van der Waals surface area contributed by atoms with E-state index in [9.17, 15) is 13.6 Å². The van der Waals surface area contributed by atoms with Crippen molar-refractivity contribution in [1.29, 1.82) is 0 Å². The zero-order valence-electron chi connectivity index (χ0n) is 8.00. The quantitative estimate of drug-likeness (QED) is 0.674. The van der Waals surface area contributed by atoms with E-state index in [4.69, 9.17) is 4.74 Å². The van der Waals surface area contributed by atoms with Gasteiger partial charge in [0.05, 0.1) is 12.6 Å². The van der Waals surface area contributed by atoms with Gasteiger partial charge in [0.1, 0.15) is 6.61 Å². The highest BCUT2D eigenvalue weighted by molar-refractivity contribution is 5.77. The lowest BCUT2D eigenvalue weighted by Crippen LogP contribution is -2.49. The highest BCUT2D eigenvalue weighted by Crippen LogP contribution is 2.00. The number of likely N-dealkylation sites (N-methyl/N-ethyl adjacent to an activating group) is 1. The summed E-state index contributed by atoms with van der Waals surface area (Å²) in [4.78, 5) is 12.2. The van der Waals surface area contributed by atoms with Crippen LogP contribution in [0.25, 0.3) is 0 Å². The van der Waals surface area contributed by atoms with Crippen molar-refractivity contribution in [2.45, 2.75) is 12.5 Å². The van der Waals surface area contributed by atoms with E-state index in [0.717, 1.165) is 18.0 Å². The molecule has 4 nitrogen and oxygen atoms in total. The minimum Gasteiger partial charge on any atom is -0.366 e. The zero-order valence-corrected chi connectivity index (χ0v) is 8.00. The van der Waals surface area contributed by atoms with E-state index in [1.165, 1.54) is 7.05 Å². The number of nitrogens with zero attached hydrogens (tertiary/aromatic N) is 1. The smallest absolute Gasteiger partial charge is 0.255 e. The van der Waals surface area contributed by atoms with Crippen LogP contribution in [0.15, 0.2) is 0 Å². The molecule has 82 valence electrons. The van der Waals surface area contributed by atoms with Crippen molar-refractivity contribution < 1.29 is 18.3 Å². The largest absolute Gasteiger partial charge is 0.366 e. The van der Waals surface area contributed by atoms with Crippen molar-refractivity contribution in [3.8, 4) is 0 Å². The highest BCUT2D eigenvalue weighted by atomic mass is 19.3. The summed E-state index contributed by atoms with van der Waals surface area (Å²) in [5.41, 5.74) is 0. The van der Waals surface area contributed by atoms with Gasteiger partial charge in [-0.05, 0) is 0 Å². The van der Waals surface area contributed by atoms with Crippen LogP contribution in [0, 0.1) is 0 Å². The van der Waals surface area contributed by atoms with E-state index in [0.29, 0.717) is 0 Å². The maximum Gasteiger partial charge on any atom is 0.255 e. The third kappa shape index (κ3) is 3.55. The molecule has 0 saturated carbocycles. The second-order valence-corrected chi connectivity index (χ2v) is 3.26. The molecule has 0 bridgehead atoms. The molecule has 0 spiro atoms. The van der Waals surface area contributed by atoms with Crippen LogP contribution in [0.2, 0.25) is 0 Å². The van der Waals surface area contributed by atoms with Gasteiger partial charge >= 0.3 is 0 Å². The van der Waals surface area contributed by atoms with E-state index >= 15 is 0 Å². The number of carbonyl (C=O) groups is 1. The average Bonchev–Trinajstić information content (AvgIpc) is 1.99. The van der Waals surface area contributed by atoms with Crippen LogP contribution in [-0.2, 0) is 9.53 Å². The molecule has 0 radical (unpaired) electrons. The van der Waals surface area contributed by atoms with Gasteiger partial charge in [-0.2, -0.15) is 0 Å². The Bertz CT molecular complexity index is 198. The molecule has 0 atom stereocenters. The number of amides is 1. The first-order chi connectivity index (χ1) is 6.59. The van der Waals surface area contributed by atoms with Crippen molar-refractivity contribution in [3.63, 3.8) is 0 Å². The molecule has 6 heteroatoms. The lowest BCUT2D eigenvalue weighted by molar-refractivity contribution is -0.139. The van der Waals surface area contributed by atoms with Gasteiger partial charge in [0.2, 0.25) is 5.91 Å². The molecule has 1 fully saturated rings. The second kappa shape index (κ2) is 5.21. The predicted molar refractivity (Wildman–Crippen MR) is 46.3 cm³/mol. The number of nitrogens with one attached hydrogen (secondary N) is 1. The van der Waals surface area contributed by atoms with Crippen LogP contribution in [0.3, 0.4) is 0 Å².